The molecular weight excluding hydrogens is 353 g/mol. The lowest BCUT2D eigenvalue weighted by Gasteiger charge is -2.09. The van der Waals surface area contributed by atoms with Gasteiger partial charge in [-0.05, 0) is 29.8 Å². The molecule has 0 fully saturated rings. The topological polar surface area (TPSA) is 64.6 Å². The van der Waals surface area contributed by atoms with E-state index in [9.17, 15) is 9.59 Å². The van der Waals surface area contributed by atoms with Crippen LogP contribution in [0.3, 0.4) is 0 Å². The molecule has 126 valence electrons. The van der Waals surface area contributed by atoms with E-state index in [1.54, 1.807) is 49.6 Å². The minimum absolute atomic E-state index is 0.283. The maximum Gasteiger partial charge on any atom is 0.338 e. The fraction of sp³-hybridized carbons (Fsp3) is 0.176. The zero-order valence-corrected chi connectivity index (χ0v) is 14.4. The largest absolute Gasteiger partial charge is 0.452 e. The molecule has 0 heterocycles. The van der Waals surface area contributed by atoms with Crippen molar-refractivity contribution in [1.82, 2.24) is 0 Å². The molecule has 1 amide bonds. The number of anilines is 1. The monoisotopic (exact) mass is 367 g/mol. The van der Waals surface area contributed by atoms with Gasteiger partial charge in [-0.3, -0.25) is 4.79 Å². The van der Waals surface area contributed by atoms with Gasteiger partial charge in [0.25, 0.3) is 5.91 Å². The summed E-state index contributed by atoms with van der Waals surface area (Å²) in [4.78, 5) is 23.8. The van der Waals surface area contributed by atoms with E-state index in [1.807, 2.05) is 0 Å². The highest BCUT2D eigenvalue weighted by molar-refractivity contribution is 6.39. The first-order chi connectivity index (χ1) is 11.5. The molecule has 0 spiro atoms. The predicted molar refractivity (Wildman–Crippen MR) is 92.5 cm³/mol. The minimum Gasteiger partial charge on any atom is -0.452 e. The van der Waals surface area contributed by atoms with Crippen LogP contribution >= 0.6 is 23.2 Å². The first kappa shape index (κ1) is 18.3. The highest BCUT2D eigenvalue weighted by atomic mass is 35.5. The number of halogens is 2. The average molecular weight is 368 g/mol. The Balaban J connectivity index is 1.90. The van der Waals surface area contributed by atoms with Crippen LogP contribution in [0.25, 0.3) is 0 Å². The number of hydrogen-bond donors (Lipinski definition) is 1. The van der Waals surface area contributed by atoms with Gasteiger partial charge in [-0.15, -0.1) is 0 Å². The number of rotatable bonds is 6. The van der Waals surface area contributed by atoms with E-state index >= 15 is 0 Å². The second-order valence-corrected chi connectivity index (χ2v) is 5.67. The fourth-order valence-electron chi connectivity index (χ4n) is 1.91. The van der Waals surface area contributed by atoms with Crippen molar-refractivity contribution >= 4 is 40.8 Å². The highest BCUT2D eigenvalue weighted by Crippen LogP contribution is 2.29. The van der Waals surface area contributed by atoms with Gasteiger partial charge in [0, 0.05) is 7.11 Å². The number of amides is 1. The molecule has 0 atom stereocenters. The lowest BCUT2D eigenvalue weighted by atomic mass is 10.1. The van der Waals surface area contributed by atoms with Gasteiger partial charge in [0.1, 0.15) is 0 Å². The summed E-state index contributed by atoms with van der Waals surface area (Å²) in [7, 11) is 1.59. The molecule has 24 heavy (non-hydrogen) atoms. The molecule has 0 aliphatic rings. The van der Waals surface area contributed by atoms with Crippen LogP contribution < -0.4 is 5.32 Å². The van der Waals surface area contributed by atoms with E-state index in [4.69, 9.17) is 32.7 Å². The van der Waals surface area contributed by atoms with Crippen molar-refractivity contribution in [3.8, 4) is 0 Å². The number of benzene rings is 2. The van der Waals surface area contributed by atoms with E-state index in [-0.39, 0.29) is 5.69 Å². The van der Waals surface area contributed by atoms with Gasteiger partial charge in [0.05, 0.1) is 27.9 Å². The summed E-state index contributed by atoms with van der Waals surface area (Å²) < 4.78 is 9.97. The Bertz CT molecular complexity index is 712. The number of carbonyl (C=O) groups excluding carboxylic acids is 2. The Morgan fingerprint density at radius 1 is 1.04 bits per heavy atom. The molecule has 0 aliphatic carbocycles. The molecule has 0 aromatic heterocycles. The zero-order chi connectivity index (χ0) is 17.5. The molecule has 0 saturated carbocycles. The smallest absolute Gasteiger partial charge is 0.338 e. The number of ether oxygens (including phenoxy) is 2. The summed E-state index contributed by atoms with van der Waals surface area (Å²) in [6.45, 7) is 0.0105. The van der Waals surface area contributed by atoms with Crippen LogP contribution in [0.1, 0.15) is 15.9 Å². The molecule has 0 saturated heterocycles. The van der Waals surface area contributed by atoms with Gasteiger partial charge in [-0.25, -0.2) is 4.79 Å². The number of methoxy groups -OCH3 is 1. The van der Waals surface area contributed by atoms with E-state index in [2.05, 4.69) is 5.32 Å². The fourth-order valence-corrected chi connectivity index (χ4v) is 2.40. The normalized spacial score (nSPS) is 10.3. The first-order valence-corrected chi connectivity index (χ1v) is 7.75. The van der Waals surface area contributed by atoms with Crippen molar-refractivity contribution < 1.29 is 19.1 Å². The summed E-state index contributed by atoms with van der Waals surface area (Å²) in [6, 6.07) is 11.6. The Labute approximate surface area is 149 Å². The molecule has 0 radical (unpaired) electrons. The predicted octanol–water partition coefficient (Wildman–Crippen LogP) is 3.94. The van der Waals surface area contributed by atoms with Gasteiger partial charge in [-0.2, -0.15) is 0 Å². The molecule has 0 aliphatic heterocycles. The molecule has 2 aromatic carbocycles. The molecular formula is C17H15Cl2NO4. The van der Waals surface area contributed by atoms with Crippen molar-refractivity contribution in [3.63, 3.8) is 0 Å². The lowest BCUT2D eigenvalue weighted by Crippen LogP contribution is -2.21. The van der Waals surface area contributed by atoms with Gasteiger partial charge >= 0.3 is 5.97 Å². The molecule has 2 rings (SSSR count). The van der Waals surface area contributed by atoms with Crippen molar-refractivity contribution in [3.05, 3.63) is 63.6 Å². The van der Waals surface area contributed by atoms with Gasteiger partial charge in [0.2, 0.25) is 0 Å². The Hall–Kier alpha value is -2.08. The summed E-state index contributed by atoms with van der Waals surface area (Å²) in [6.07, 6.45) is 0. The molecule has 5 nitrogen and oxygen atoms in total. The van der Waals surface area contributed by atoms with Gasteiger partial charge in [0.15, 0.2) is 6.61 Å². The zero-order valence-electron chi connectivity index (χ0n) is 12.8. The first-order valence-electron chi connectivity index (χ1n) is 7.00. The summed E-state index contributed by atoms with van der Waals surface area (Å²) >= 11 is 11.9. The average Bonchev–Trinajstić information content (AvgIpc) is 2.57. The van der Waals surface area contributed by atoms with Crippen molar-refractivity contribution in [2.45, 2.75) is 6.61 Å². The van der Waals surface area contributed by atoms with Crippen LogP contribution in [0.4, 0.5) is 5.69 Å². The lowest BCUT2D eigenvalue weighted by molar-refractivity contribution is -0.119. The summed E-state index contributed by atoms with van der Waals surface area (Å²) in [5, 5.41) is 3.12. The quantitative estimate of drug-likeness (QED) is 0.785. The van der Waals surface area contributed by atoms with Crippen LogP contribution in [-0.2, 0) is 20.9 Å². The molecule has 7 heteroatoms. The minimum atomic E-state index is -0.598. The Morgan fingerprint density at radius 2 is 1.67 bits per heavy atom. The SMILES string of the molecule is COCc1ccc(C(=O)OCC(=O)Nc2c(Cl)cccc2Cl)cc1. The maximum absolute atomic E-state index is 11.9. The van der Waals surface area contributed by atoms with Crippen molar-refractivity contribution in [2.75, 3.05) is 19.0 Å². The van der Waals surface area contributed by atoms with E-state index in [0.717, 1.165) is 5.56 Å². The standard InChI is InChI=1S/C17H15Cl2NO4/c1-23-9-11-5-7-12(8-6-11)17(22)24-10-15(21)20-16-13(18)3-2-4-14(16)19/h2-8H,9-10H2,1H3,(H,20,21). The van der Waals surface area contributed by atoms with Crippen LogP contribution in [-0.4, -0.2) is 25.6 Å². The summed E-state index contributed by atoms with van der Waals surface area (Å²) in [5.74, 6) is -1.13. The third-order valence-electron chi connectivity index (χ3n) is 3.06. The van der Waals surface area contributed by atoms with Crippen LogP contribution in [0.2, 0.25) is 10.0 Å². The number of hydrogen-bond acceptors (Lipinski definition) is 4. The van der Waals surface area contributed by atoms with E-state index in [1.165, 1.54) is 0 Å². The maximum atomic E-state index is 11.9. The molecule has 2 aromatic rings. The Kier molecular flexibility index (Phi) is 6.61. The number of para-hydroxylation sites is 1. The van der Waals surface area contributed by atoms with E-state index < -0.39 is 18.5 Å². The van der Waals surface area contributed by atoms with Crippen molar-refractivity contribution in [1.29, 1.82) is 0 Å². The Morgan fingerprint density at radius 3 is 2.25 bits per heavy atom. The third-order valence-corrected chi connectivity index (χ3v) is 3.69. The number of esters is 1. The number of carbonyl (C=O) groups is 2. The van der Waals surface area contributed by atoms with Crippen molar-refractivity contribution in [2.24, 2.45) is 0 Å². The molecule has 0 bridgehead atoms. The van der Waals surface area contributed by atoms with Crippen LogP contribution in [0.15, 0.2) is 42.5 Å². The van der Waals surface area contributed by atoms with E-state index in [0.29, 0.717) is 22.2 Å². The second kappa shape index (κ2) is 8.68. The van der Waals surface area contributed by atoms with Gasteiger partial charge < -0.3 is 14.8 Å². The molecule has 0 unspecified atom stereocenters. The summed E-state index contributed by atoms with van der Waals surface area (Å²) in [5.41, 5.74) is 1.56. The molecule has 1 N–H and O–H groups in total. The van der Waals surface area contributed by atoms with Gasteiger partial charge in [-0.1, -0.05) is 41.4 Å². The second-order valence-electron chi connectivity index (χ2n) is 4.85. The highest BCUT2D eigenvalue weighted by Gasteiger charge is 2.13. The van der Waals surface area contributed by atoms with Crippen LogP contribution in [0.5, 0.6) is 0 Å². The third kappa shape index (κ3) is 4.96. The van der Waals surface area contributed by atoms with Crippen LogP contribution in [0, 0.1) is 0 Å². The number of nitrogens with one attached hydrogen (secondary N) is 1.